The molecule has 2 bridgehead atoms. The maximum atomic E-state index is 13.3. The van der Waals surface area contributed by atoms with Crippen molar-refractivity contribution in [3.05, 3.63) is 65.8 Å². The third-order valence-corrected chi connectivity index (χ3v) is 6.24. The molecule has 7 nitrogen and oxygen atoms in total. The third kappa shape index (κ3) is 2.88. The molecule has 0 saturated carbocycles. The number of H-pyrrole nitrogens is 1. The fraction of sp³-hybridized carbons (Fsp3) is 0.409. The van der Waals surface area contributed by atoms with E-state index in [2.05, 4.69) is 16.0 Å². The lowest BCUT2D eigenvalue weighted by Gasteiger charge is -2.27. The van der Waals surface area contributed by atoms with Gasteiger partial charge in [-0.3, -0.25) is 9.59 Å². The van der Waals surface area contributed by atoms with Crippen molar-refractivity contribution in [2.75, 3.05) is 13.6 Å². The monoisotopic (exact) mass is 392 g/mol. The number of carbonyl (C=O) groups is 2. The van der Waals surface area contributed by atoms with Crippen molar-refractivity contribution in [3.8, 4) is 0 Å². The quantitative estimate of drug-likeness (QED) is 0.785. The maximum Gasteiger partial charge on any atom is 0.230 e. The molecule has 1 spiro atoms. The van der Waals surface area contributed by atoms with Crippen LogP contribution in [-0.2, 0) is 27.4 Å². The van der Waals surface area contributed by atoms with Gasteiger partial charge in [0.25, 0.3) is 0 Å². The molecule has 150 valence electrons. The predicted molar refractivity (Wildman–Crippen MR) is 105 cm³/mol. The number of benzene rings is 1. The van der Waals surface area contributed by atoms with Crippen LogP contribution in [0.15, 0.2) is 48.8 Å². The number of amides is 2. The summed E-state index contributed by atoms with van der Waals surface area (Å²) in [5, 5.41) is 0. The highest BCUT2D eigenvalue weighted by molar-refractivity contribution is 5.93. The molecule has 0 unspecified atom stereocenters. The number of hydrogen-bond acceptors (Lipinski definition) is 4. The number of fused-ring (bicyclic) bond motifs is 1. The highest BCUT2D eigenvalue weighted by atomic mass is 16.5. The van der Waals surface area contributed by atoms with Crippen molar-refractivity contribution in [3.63, 3.8) is 0 Å². The van der Waals surface area contributed by atoms with Gasteiger partial charge in [-0.25, -0.2) is 4.98 Å². The van der Waals surface area contributed by atoms with Crippen LogP contribution in [0, 0.1) is 18.8 Å². The zero-order valence-corrected chi connectivity index (χ0v) is 16.5. The van der Waals surface area contributed by atoms with Gasteiger partial charge in [0.1, 0.15) is 11.4 Å². The zero-order valence-electron chi connectivity index (χ0n) is 16.5. The van der Waals surface area contributed by atoms with E-state index >= 15 is 0 Å². The van der Waals surface area contributed by atoms with Gasteiger partial charge in [-0.05, 0) is 12.5 Å². The SMILES string of the molecule is Cc1cccc(CN2C[C@]34C=C[C@H](O3)[C@@H](C(=O)N(C)Cc3ncc[nH]3)[C@@H]4C2=O)c1. The van der Waals surface area contributed by atoms with Gasteiger partial charge in [-0.1, -0.05) is 42.0 Å². The van der Waals surface area contributed by atoms with Crippen molar-refractivity contribution in [1.29, 1.82) is 0 Å². The van der Waals surface area contributed by atoms with E-state index in [9.17, 15) is 9.59 Å². The van der Waals surface area contributed by atoms with E-state index in [-0.39, 0.29) is 17.9 Å². The van der Waals surface area contributed by atoms with Crippen LogP contribution in [-0.4, -0.2) is 56.9 Å². The number of rotatable bonds is 5. The van der Waals surface area contributed by atoms with Gasteiger partial charge >= 0.3 is 0 Å². The van der Waals surface area contributed by atoms with Crippen LogP contribution >= 0.6 is 0 Å². The Bertz CT molecular complexity index is 986. The number of carbonyl (C=O) groups excluding carboxylic acids is 2. The Morgan fingerprint density at radius 2 is 2.31 bits per heavy atom. The predicted octanol–water partition coefficient (Wildman–Crippen LogP) is 1.66. The molecule has 3 aliphatic heterocycles. The number of aromatic nitrogens is 2. The van der Waals surface area contributed by atoms with Gasteiger partial charge in [-0.2, -0.15) is 0 Å². The normalized spacial score (nSPS) is 29.5. The Morgan fingerprint density at radius 3 is 3.07 bits per heavy atom. The van der Waals surface area contributed by atoms with Crippen molar-refractivity contribution in [2.24, 2.45) is 11.8 Å². The van der Waals surface area contributed by atoms with E-state index < -0.39 is 17.4 Å². The number of aryl methyl sites for hydroxylation is 1. The lowest BCUT2D eigenvalue weighted by Crippen LogP contribution is -2.44. The number of imidazole rings is 1. The summed E-state index contributed by atoms with van der Waals surface area (Å²) in [4.78, 5) is 37.3. The minimum absolute atomic E-state index is 0.00287. The van der Waals surface area contributed by atoms with Crippen molar-refractivity contribution in [2.45, 2.75) is 31.7 Å². The van der Waals surface area contributed by atoms with Gasteiger partial charge in [0.15, 0.2) is 0 Å². The summed E-state index contributed by atoms with van der Waals surface area (Å²) in [6.07, 6.45) is 7.00. The van der Waals surface area contributed by atoms with E-state index in [4.69, 9.17) is 4.74 Å². The minimum atomic E-state index is -0.683. The smallest absolute Gasteiger partial charge is 0.230 e. The fourth-order valence-electron chi connectivity index (χ4n) is 4.97. The largest absolute Gasteiger partial charge is 0.360 e. The summed E-state index contributed by atoms with van der Waals surface area (Å²) in [6, 6.07) is 8.16. The molecule has 7 heteroatoms. The Kier molecular flexibility index (Phi) is 4.10. The first-order valence-corrected chi connectivity index (χ1v) is 9.92. The zero-order chi connectivity index (χ0) is 20.2. The van der Waals surface area contributed by atoms with Crippen LogP contribution in [0.5, 0.6) is 0 Å². The molecule has 4 heterocycles. The maximum absolute atomic E-state index is 13.3. The van der Waals surface area contributed by atoms with Crippen molar-refractivity contribution >= 4 is 11.8 Å². The molecule has 2 amide bonds. The first-order valence-electron chi connectivity index (χ1n) is 9.92. The fourth-order valence-corrected chi connectivity index (χ4v) is 4.97. The van der Waals surface area contributed by atoms with Crippen LogP contribution in [0.1, 0.15) is 17.0 Å². The van der Waals surface area contributed by atoms with E-state index in [0.717, 1.165) is 11.1 Å². The average molecular weight is 392 g/mol. The van der Waals surface area contributed by atoms with E-state index in [0.29, 0.717) is 25.5 Å². The standard InChI is InChI=1S/C22H24N4O3/c1-14-4-3-5-15(10-14)11-26-13-22-7-6-16(29-22)18(19(22)21(26)28)20(27)25(2)12-17-23-8-9-24-17/h3-10,16,18-19H,11-13H2,1-2H3,(H,23,24)/t16-,18+,19+,22-/m0/s1. The molecular weight excluding hydrogens is 368 g/mol. The highest BCUT2D eigenvalue weighted by Crippen LogP contribution is 2.52. The van der Waals surface area contributed by atoms with Crippen LogP contribution in [0.2, 0.25) is 0 Å². The summed E-state index contributed by atoms with van der Waals surface area (Å²) < 4.78 is 6.22. The number of nitrogens with one attached hydrogen (secondary N) is 1. The van der Waals surface area contributed by atoms with Crippen LogP contribution in [0.4, 0.5) is 0 Å². The second-order valence-corrected chi connectivity index (χ2v) is 8.31. The van der Waals surface area contributed by atoms with Crippen molar-refractivity contribution in [1.82, 2.24) is 19.8 Å². The molecule has 1 aromatic heterocycles. The number of hydrogen-bond donors (Lipinski definition) is 1. The van der Waals surface area contributed by atoms with E-state index in [1.165, 1.54) is 0 Å². The molecule has 2 saturated heterocycles. The van der Waals surface area contributed by atoms with Gasteiger partial charge in [-0.15, -0.1) is 0 Å². The summed E-state index contributed by atoms with van der Waals surface area (Å²) in [5.41, 5.74) is 1.57. The van der Waals surface area contributed by atoms with Crippen LogP contribution < -0.4 is 0 Å². The third-order valence-electron chi connectivity index (χ3n) is 6.24. The summed E-state index contributed by atoms with van der Waals surface area (Å²) >= 11 is 0. The van der Waals surface area contributed by atoms with E-state index in [1.807, 2.05) is 42.2 Å². The number of likely N-dealkylation sites (tertiary alicyclic amines) is 1. The minimum Gasteiger partial charge on any atom is -0.360 e. The lowest BCUT2D eigenvalue weighted by atomic mass is 9.76. The van der Waals surface area contributed by atoms with Gasteiger partial charge < -0.3 is 19.5 Å². The molecule has 2 fully saturated rings. The van der Waals surface area contributed by atoms with Crippen LogP contribution in [0.25, 0.3) is 0 Å². The first kappa shape index (κ1) is 18.1. The first-order chi connectivity index (χ1) is 14.0. The molecule has 1 aromatic carbocycles. The average Bonchev–Trinajstić information content (AvgIpc) is 3.45. The van der Waals surface area contributed by atoms with Crippen LogP contribution in [0.3, 0.4) is 0 Å². The van der Waals surface area contributed by atoms with E-state index in [1.54, 1.807) is 24.3 Å². The molecule has 4 atom stereocenters. The number of nitrogens with zero attached hydrogens (tertiary/aromatic N) is 3. The van der Waals surface area contributed by atoms with Gasteiger partial charge in [0, 0.05) is 26.0 Å². The molecule has 3 aliphatic rings. The Labute approximate surface area is 169 Å². The molecule has 29 heavy (non-hydrogen) atoms. The highest BCUT2D eigenvalue weighted by Gasteiger charge is 2.67. The Hall–Kier alpha value is -2.93. The van der Waals surface area contributed by atoms with Gasteiger partial charge in [0.2, 0.25) is 11.8 Å². The number of ether oxygens (including phenoxy) is 1. The second-order valence-electron chi connectivity index (χ2n) is 8.31. The summed E-state index contributed by atoms with van der Waals surface area (Å²) in [5.74, 6) is -0.311. The topological polar surface area (TPSA) is 78.5 Å². The lowest BCUT2D eigenvalue weighted by molar-refractivity contribution is -0.143. The number of aromatic amines is 1. The molecule has 5 rings (SSSR count). The van der Waals surface area contributed by atoms with Crippen molar-refractivity contribution < 1.29 is 14.3 Å². The Balaban J connectivity index is 1.37. The molecule has 0 radical (unpaired) electrons. The molecule has 1 N–H and O–H groups in total. The Morgan fingerprint density at radius 1 is 1.45 bits per heavy atom. The molecule has 0 aliphatic carbocycles. The molecular formula is C22H24N4O3. The summed E-state index contributed by atoms with van der Waals surface area (Å²) in [6.45, 7) is 3.44. The second kappa shape index (κ2) is 6.56. The molecule has 2 aromatic rings. The summed E-state index contributed by atoms with van der Waals surface area (Å²) in [7, 11) is 1.75. The van der Waals surface area contributed by atoms with Gasteiger partial charge in [0.05, 0.1) is 31.0 Å².